The largest absolute Gasteiger partial charge is 0.466 e. The van der Waals surface area contributed by atoms with Crippen molar-refractivity contribution in [2.45, 2.75) is 239 Å². The molecule has 0 fully saturated rings. The Morgan fingerprint density at radius 3 is 1.02 bits per heavy atom. The van der Waals surface area contributed by atoms with Gasteiger partial charge in [-0.15, -0.1) is 0 Å². The Hall–Kier alpha value is -2.16. The molecule has 0 aliphatic heterocycles. The van der Waals surface area contributed by atoms with E-state index in [9.17, 15) is 24.3 Å². The number of carbonyl (C=O) groups excluding carboxylic acids is 4. The molecule has 0 aromatic rings. The van der Waals surface area contributed by atoms with E-state index in [0.29, 0.717) is 32.5 Å². The number of carbonyl (C=O) groups is 4. The maximum absolute atomic E-state index is 12.8. The maximum atomic E-state index is 12.8. The zero-order valence-corrected chi connectivity index (χ0v) is 36.9. The number of aliphatic hydroxyl groups is 1. The molecule has 3 unspecified atom stereocenters. The second kappa shape index (κ2) is 41.0. The summed E-state index contributed by atoms with van der Waals surface area (Å²) in [5, 5.41) is 10.2. The fourth-order valence-corrected chi connectivity index (χ4v) is 6.98. The molecule has 0 spiro atoms. The highest BCUT2D eigenvalue weighted by Gasteiger charge is 2.21. The van der Waals surface area contributed by atoms with Crippen LogP contribution in [0.15, 0.2) is 0 Å². The standard InChI is InChI=1S/C47H88O9/c1-5-9-13-17-19-25-33-41(31-23-15-11-7-3)45(50)54-38-28-21-27-37-53-44(49)36-35-43(48)47(52)56-40-30-22-29-39-55-46(51)42(32-24-16-12-8-4)34-26-20-18-14-10-6-2/h41-43,48H,5-40H2,1-4H3. The van der Waals surface area contributed by atoms with Gasteiger partial charge in [0.05, 0.1) is 38.3 Å². The molecule has 0 bridgehead atoms. The fourth-order valence-electron chi connectivity index (χ4n) is 6.98. The van der Waals surface area contributed by atoms with E-state index in [4.69, 9.17) is 18.9 Å². The van der Waals surface area contributed by atoms with Gasteiger partial charge in [-0.3, -0.25) is 14.4 Å². The van der Waals surface area contributed by atoms with Crippen molar-refractivity contribution in [2.75, 3.05) is 26.4 Å². The minimum atomic E-state index is -1.38. The van der Waals surface area contributed by atoms with Crippen LogP contribution in [0.1, 0.15) is 233 Å². The third-order valence-electron chi connectivity index (χ3n) is 10.8. The molecule has 0 aromatic carbocycles. The van der Waals surface area contributed by atoms with E-state index in [0.717, 1.165) is 77.0 Å². The third kappa shape index (κ3) is 33.9. The Labute approximate surface area is 343 Å². The van der Waals surface area contributed by atoms with Gasteiger partial charge in [-0.1, -0.05) is 156 Å². The summed E-state index contributed by atoms with van der Waals surface area (Å²) in [5.41, 5.74) is 0. The van der Waals surface area contributed by atoms with Gasteiger partial charge in [-0.05, 0) is 70.6 Å². The highest BCUT2D eigenvalue weighted by Crippen LogP contribution is 2.22. The minimum Gasteiger partial charge on any atom is -0.466 e. The highest BCUT2D eigenvalue weighted by molar-refractivity contribution is 5.76. The zero-order chi connectivity index (χ0) is 41.3. The molecule has 9 heteroatoms. The quantitative estimate of drug-likeness (QED) is 0.0365. The lowest BCUT2D eigenvalue weighted by Gasteiger charge is -2.16. The molecule has 0 saturated heterocycles. The minimum absolute atomic E-state index is 0.00279. The average Bonchev–Trinajstić information content (AvgIpc) is 3.19. The zero-order valence-electron chi connectivity index (χ0n) is 36.9. The topological polar surface area (TPSA) is 125 Å². The molecule has 9 nitrogen and oxygen atoms in total. The van der Waals surface area contributed by atoms with E-state index in [1.54, 1.807) is 0 Å². The molecular formula is C47H88O9. The normalized spacial score (nSPS) is 12.9. The van der Waals surface area contributed by atoms with Crippen LogP contribution in [0.2, 0.25) is 0 Å². The van der Waals surface area contributed by atoms with E-state index >= 15 is 0 Å². The monoisotopic (exact) mass is 797 g/mol. The predicted molar refractivity (Wildman–Crippen MR) is 227 cm³/mol. The van der Waals surface area contributed by atoms with Gasteiger partial charge in [0.1, 0.15) is 0 Å². The molecular weight excluding hydrogens is 709 g/mol. The molecule has 0 rings (SSSR count). The molecule has 0 aliphatic carbocycles. The summed E-state index contributed by atoms with van der Waals surface area (Å²) >= 11 is 0. The number of ether oxygens (including phenoxy) is 4. The van der Waals surface area contributed by atoms with Crippen molar-refractivity contribution >= 4 is 23.9 Å². The predicted octanol–water partition coefficient (Wildman–Crippen LogP) is 12.3. The Kier molecular flexibility index (Phi) is 39.4. The van der Waals surface area contributed by atoms with Crippen LogP contribution in [-0.2, 0) is 38.1 Å². The summed E-state index contributed by atoms with van der Waals surface area (Å²) in [4.78, 5) is 50.0. The maximum Gasteiger partial charge on any atom is 0.334 e. The number of hydrogen-bond acceptors (Lipinski definition) is 9. The van der Waals surface area contributed by atoms with Crippen molar-refractivity contribution in [3.8, 4) is 0 Å². The van der Waals surface area contributed by atoms with Crippen molar-refractivity contribution in [1.82, 2.24) is 0 Å². The van der Waals surface area contributed by atoms with Crippen LogP contribution in [0.5, 0.6) is 0 Å². The summed E-state index contributed by atoms with van der Waals surface area (Å²) in [7, 11) is 0. The molecule has 0 saturated carbocycles. The number of esters is 4. The van der Waals surface area contributed by atoms with Crippen LogP contribution in [-0.4, -0.2) is 61.5 Å². The molecule has 56 heavy (non-hydrogen) atoms. The third-order valence-corrected chi connectivity index (χ3v) is 10.8. The first-order valence-corrected chi connectivity index (χ1v) is 23.6. The Morgan fingerprint density at radius 1 is 0.357 bits per heavy atom. The number of unbranched alkanes of at least 4 members (excludes halogenated alkanes) is 20. The second-order valence-corrected chi connectivity index (χ2v) is 16.1. The van der Waals surface area contributed by atoms with Gasteiger partial charge in [0.15, 0.2) is 6.10 Å². The van der Waals surface area contributed by atoms with Crippen LogP contribution in [0, 0.1) is 11.8 Å². The number of rotatable bonds is 42. The van der Waals surface area contributed by atoms with Gasteiger partial charge < -0.3 is 24.1 Å². The Morgan fingerprint density at radius 2 is 0.643 bits per heavy atom. The molecule has 0 aliphatic rings. The van der Waals surface area contributed by atoms with Crippen molar-refractivity contribution < 1.29 is 43.2 Å². The lowest BCUT2D eigenvalue weighted by atomic mass is 9.94. The lowest BCUT2D eigenvalue weighted by molar-refractivity contribution is -0.155. The summed E-state index contributed by atoms with van der Waals surface area (Å²) < 4.78 is 21.7. The number of hydrogen-bond donors (Lipinski definition) is 1. The smallest absolute Gasteiger partial charge is 0.334 e. The van der Waals surface area contributed by atoms with Crippen LogP contribution in [0.25, 0.3) is 0 Å². The SMILES string of the molecule is CCCCCCCCC(CCCCCC)C(=O)OCCCCCOC(=O)CCC(O)C(=O)OCCCCCOC(=O)C(CCCCCC)CCCCCCCC. The van der Waals surface area contributed by atoms with Crippen molar-refractivity contribution in [1.29, 1.82) is 0 Å². The van der Waals surface area contributed by atoms with Crippen molar-refractivity contribution in [3.05, 3.63) is 0 Å². The van der Waals surface area contributed by atoms with Crippen LogP contribution in [0.4, 0.5) is 0 Å². The summed E-state index contributed by atoms with van der Waals surface area (Å²) in [6, 6.07) is 0. The summed E-state index contributed by atoms with van der Waals surface area (Å²) in [6.45, 7) is 10.0. The lowest BCUT2D eigenvalue weighted by Crippen LogP contribution is -2.24. The van der Waals surface area contributed by atoms with Gasteiger partial charge in [0, 0.05) is 6.42 Å². The molecule has 0 aromatic heterocycles. The van der Waals surface area contributed by atoms with E-state index in [1.165, 1.54) is 96.3 Å². The molecule has 3 atom stereocenters. The van der Waals surface area contributed by atoms with E-state index in [1.807, 2.05) is 0 Å². The second-order valence-electron chi connectivity index (χ2n) is 16.1. The fraction of sp³-hybridized carbons (Fsp3) is 0.915. The molecule has 1 N–H and O–H groups in total. The Balaban J connectivity index is 4.09. The molecule has 0 heterocycles. The van der Waals surface area contributed by atoms with Gasteiger partial charge in [-0.25, -0.2) is 4.79 Å². The average molecular weight is 797 g/mol. The highest BCUT2D eigenvalue weighted by atomic mass is 16.6. The first-order chi connectivity index (χ1) is 27.3. The van der Waals surface area contributed by atoms with Gasteiger partial charge in [-0.2, -0.15) is 0 Å². The summed E-state index contributed by atoms with van der Waals surface area (Å²) in [5.74, 6) is -1.36. The van der Waals surface area contributed by atoms with Crippen LogP contribution < -0.4 is 0 Å². The van der Waals surface area contributed by atoms with Crippen molar-refractivity contribution in [2.24, 2.45) is 11.8 Å². The Bertz CT molecular complexity index is 923. The molecule has 0 amide bonds. The molecule has 330 valence electrons. The number of aliphatic hydroxyl groups excluding tert-OH is 1. The van der Waals surface area contributed by atoms with Crippen LogP contribution >= 0.6 is 0 Å². The first kappa shape index (κ1) is 53.8. The molecule has 0 radical (unpaired) electrons. The van der Waals surface area contributed by atoms with Gasteiger partial charge in [0.25, 0.3) is 0 Å². The van der Waals surface area contributed by atoms with Gasteiger partial charge in [0.2, 0.25) is 0 Å². The van der Waals surface area contributed by atoms with Crippen LogP contribution in [0.3, 0.4) is 0 Å². The van der Waals surface area contributed by atoms with Crippen molar-refractivity contribution in [3.63, 3.8) is 0 Å². The first-order valence-electron chi connectivity index (χ1n) is 23.6. The van der Waals surface area contributed by atoms with Gasteiger partial charge >= 0.3 is 23.9 Å². The van der Waals surface area contributed by atoms with E-state index in [-0.39, 0.29) is 49.8 Å². The van der Waals surface area contributed by atoms with E-state index in [2.05, 4.69) is 27.7 Å². The van der Waals surface area contributed by atoms with E-state index < -0.39 is 18.0 Å². The summed E-state index contributed by atoms with van der Waals surface area (Å²) in [6.07, 6.45) is 30.2.